The molecule has 5 rings (SSSR count). The maximum Gasteiger partial charge on any atom is 0.471 e. The number of terminal acetylenes is 1. The SMILES string of the molecule is C#CC(NC(=O)C1C2C3CC(CC3F)C2CN1C(=O)C(NC(=O)C(F)(F)F)C(C)(C)C)c1cncc2cccc(OC)c12. The quantitative estimate of drug-likeness (QED) is 0.386. The number of hydrogen-bond donors (Lipinski definition) is 2. The first-order valence-corrected chi connectivity index (χ1v) is 14.2. The topological polar surface area (TPSA) is 101 Å². The molecule has 1 aliphatic heterocycles. The molecule has 2 saturated carbocycles. The lowest BCUT2D eigenvalue weighted by Gasteiger charge is -2.37. The molecule has 0 spiro atoms. The number of pyridine rings is 1. The molecule has 2 N–H and O–H groups in total. The number of ether oxygens (including phenoxy) is 1. The fraction of sp³-hybridized carbons (Fsp3) is 0.548. The van der Waals surface area contributed by atoms with Gasteiger partial charge < -0.3 is 20.3 Å². The maximum atomic E-state index is 15.1. The summed E-state index contributed by atoms with van der Waals surface area (Å²) in [5, 5.41) is 6.01. The maximum absolute atomic E-state index is 15.1. The van der Waals surface area contributed by atoms with Crippen LogP contribution < -0.4 is 15.4 Å². The summed E-state index contributed by atoms with van der Waals surface area (Å²) in [6.45, 7) is 4.63. The highest BCUT2D eigenvalue weighted by atomic mass is 19.4. The zero-order valence-electron chi connectivity index (χ0n) is 24.2. The Morgan fingerprint density at radius 2 is 1.84 bits per heavy atom. The molecule has 2 aromatic rings. The number of nitrogens with zero attached hydrogens (tertiary/aromatic N) is 2. The minimum atomic E-state index is -5.21. The minimum Gasteiger partial charge on any atom is -0.496 e. The molecule has 230 valence electrons. The lowest BCUT2D eigenvalue weighted by atomic mass is 9.77. The number of carbonyl (C=O) groups is 3. The second kappa shape index (κ2) is 11.0. The number of amides is 3. The number of benzene rings is 1. The van der Waals surface area contributed by atoms with E-state index in [2.05, 4.69) is 16.2 Å². The summed E-state index contributed by atoms with van der Waals surface area (Å²) >= 11 is 0. The minimum absolute atomic E-state index is 0.0638. The average Bonchev–Trinajstić information content (AvgIpc) is 3.62. The molecule has 2 heterocycles. The number of hydrogen-bond acceptors (Lipinski definition) is 5. The zero-order valence-corrected chi connectivity index (χ0v) is 24.2. The molecular formula is C31H34F4N4O4. The van der Waals surface area contributed by atoms with Crippen molar-refractivity contribution in [1.82, 2.24) is 20.5 Å². The van der Waals surface area contributed by atoms with E-state index in [-0.39, 0.29) is 18.4 Å². The first kappa shape index (κ1) is 30.6. The van der Waals surface area contributed by atoms with E-state index >= 15 is 4.39 Å². The van der Waals surface area contributed by atoms with E-state index in [9.17, 15) is 27.6 Å². The summed E-state index contributed by atoms with van der Waals surface area (Å²) in [7, 11) is 1.50. The molecule has 1 saturated heterocycles. The van der Waals surface area contributed by atoms with E-state index in [4.69, 9.17) is 11.2 Å². The van der Waals surface area contributed by atoms with Gasteiger partial charge in [-0.3, -0.25) is 19.4 Å². The molecule has 3 aliphatic rings. The summed E-state index contributed by atoms with van der Waals surface area (Å²) in [6.07, 6.45) is 3.53. The molecule has 0 radical (unpaired) electrons. The van der Waals surface area contributed by atoms with Crippen molar-refractivity contribution in [2.24, 2.45) is 29.1 Å². The number of carbonyl (C=O) groups excluding carboxylic acids is 3. The third-order valence-electron chi connectivity index (χ3n) is 9.23. The average molecular weight is 603 g/mol. The Morgan fingerprint density at radius 1 is 1.12 bits per heavy atom. The van der Waals surface area contributed by atoms with Crippen LogP contribution in [0.5, 0.6) is 5.75 Å². The Morgan fingerprint density at radius 3 is 2.47 bits per heavy atom. The highest BCUT2D eigenvalue weighted by Crippen LogP contribution is 2.58. The van der Waals surface area contributed by atoms with Crippen LogP contribution in [0.4, 0.5) is 17.6 Å². The van der Waals surface area contributed by atoms with Crippen molar-refractivity contribution >= 4 is 28.5 Å². The highest BCUT2D eigenvalue weighted by Gasteiger charge is 2.63. The van der Waals surface area contributed by atoms with E-state index in [0.29, 0.717) is 34.9 Å². The molecule has 3 amide bonds. The van der Waals surface area contributed by atoms with Gasteiger partial charge in [0.1, 0.15) is 30.0 Å². The van der Waals surface area contributed by atoms with E-state index in [1.54, 1.807) is 18.3 Å². The molecule has 1 aromatic carbocycles. The molecule has 2 bridgehead atoms. The summed E-state index contributed by atoms with van der Waals surface area (Å²) in [5.41, 5.74) is -0.662. The van der Waals surface area contributed by atoms with Gasteiger partial charge in [0.2, 0.25) is 11.8 Å². The number of fused-ring (bicyclic) bond motifs is 6. The zero-order chi connectivity index (χ0) is 31.4. The van der Waals surface area contributed by atoms with Gasteiger partial charge in [0.15, 0.2) is 0 Å². The van der Waals surface area contributed by atoms with Crippen molar-refractivity contribution in [3.63, 3.8) is 0 Å². The fourth-order valence-electron chi connectivity index (χ4n) is 7.35. The molecular weight excluding hydrogens is 568 g/mol. The second-order valence-electron chi connectivity index (χ2n) is 12.8. The Kier molecular flexibility index (Phi) is 7.82. The largest absolute Gasteiger partial charge is 0.496 e. The van der Waals surface area contributed by atoms with Gasteiger partial charge in [0, 0.05) is 35.3 Å². The van der Waals surface area contributed by atoms with Crippen LogP contribution in [0.3, 0.4) is 0 Å². The first-order chi connectivity index (χ1) is 20.2. The molecule has 8 unspecified atom stereocenters. The summed E-state index contributed by atoms with van der Waals surface area (Å²) < 4.78 is 60.2. The number of alkyl halides is 4. The van der Waals surface area contributed by atoms with Gasteiger partial charge in [-0.2, -0.15) is 13.2 Å². The normalized spacial score (nSPS) is 27.7. The summed E-state index contributed by atoms with van der Waals surface area (Å²) in [6, 6.07) is 1.53. The Balaban J connectivity index is 1.51. The molecule has 12 heteroatoms. The van der Waals surface area contributed by atoms with Crippen LogP contribution in [0.25, 0.3) is 10.8 Å². The van der Waals surface area contributed by atoms with Crippen LogP contribution >= 0.6 is 0 Å². The summed E-state index contributed by atoms with van der Waals surface area (Å²) in [5.74, 6) is -1.97. The number of rotatable bonds is 6. The second-order valence-corrected chi connectivity index (χ2v) is 12.8. The van der Waals surface area contributed by atoms with E-state index in [0.717, 1.165) is 0 Å². The van der Waals surface area contributed by atoms with Crippen molar-refractivity contribution in [1.29, 1.82) is 0 Å². The molecule has 1 aromatic heterocycles. The van der Waals surface area contributed by atoms with Crippen molar-refractivity contribution < 1.29 is 36.7 Å². The van der Waals surface area contributed by atoms with Crippen molar-refractivity contribution in [3.8, 4) is 18.1 Å². The number of methoxy groups -OCH3 is 1. The number of likely N-dealkylation sites (tertiary alicyclic amines) is 1. The van der Waals surface area contributed by atoms with Crippen LogP contribution in [-0.2, 0) is 14.4 Å². The third kappa shape index (κ3) is 5.38. The summed E-state index contributed by atoms with van der Waals surface area (Å²) in [4.78, 5) is 45.5. The third-order valence-corrected chi connectivity index (χ3v) is 9.23. The molecule has 8 nitrogen and oxygen atoms in total. The van der Waals surface area contributed by atoms with E-state index < -0.39 is 65.4 Å². The molecule has 8 atom stereocenters. The number of nitrogens with one attached hydrogen (secondary N) is 2. The van der Waals surface area contributed by atoms with Crippen LogP contribution in [0.1, 0.15) is 45.2 Å². The lowest BCUT2D eigenvalue weighted by Crippen LogP contribution is -2.60. The first-order valence-electron chi connectivity index (χ1n) is 14.2. The van der Waals surface area contributed by atoms with Gasteiger partial charge in [-0.05, 0) is 48.0 Å². The fourth-order valence-corrected chi connectivity index (χ4v) is 7.35. The van der Waals surface area contributed by atoms with Gasteiger partial charge in [-0.15, -0.1) is 6.42 Å². The van der Waals surface area contributed by atoms with Crippen molar-refractivity contribution in [3.05, 3.63) is 36.2 Å². The standard InChI is InChI=1S/C31H34F4N4O4/c1-6-21(18-13-36-12-15-8-7-9-22(43-5)23(15)18)37-27(40)25-24-17-10-16(11-20(17)32)19(24)14-39(25)28(41)26(30(2,3)4)38-29(42)31(33,34)35/h1,7-9,12-13,16-17,19-21,24-26H,10-11,14H2,2-5H3,(H,37,40)(H,38,42). The Hall–Kier alpha value is -3.88. The molecule has 43 heavy (non-hydrogen) atoms. The van der Waals surface area contributed by atoms with Gasteiger partial charge in [-0.1, -0.05) is 38.8 Å². The predicted octanol–water partition coefficient (Wildman–Crippen LogP) is 3.95. The van der Waals surface area contributed by atoms with Gasteiger partial charge >= 0.3 is 12.1 Å². The lowest BCUT2D eigenvalue weighted by molar-refractivity contribution is -0.176. The van der Waals surface area contributed by atoms with E-state index in [1.807, 2.05) is 11.4 Å². The van der Waals surface area contributed by atoms with E-state index in [1.165, 1.54) is 39.0 Å². The van der Waals surface area contributed by atoms with Crippen LogP contribution in [0.15, 0.2) is 30.6 Å². The number of aromatic nitrogens is 1. The molecule has 3 fully saturated rings. The smallest absolute Gasteiger partial charge is 0.471 e. The van der Waals surface area contributed by atoms with Crippen LogP contribution in [-0.4, -0.2) is 65.7 Å². The highest BCUT2D eigenvalue weighted by molar-refractivity contribution is 5.95. The van der Waals surface area contributed by atoms with Gasteiger partial charge in [0.05, 0.1) is 7.11 Å². The van der Waals surface area contributed by atoms with Crippen LogP contribution in [0.2, 0.25) is 0 Å². The van der Waals surface area contributed by atoms with Crippen molar-refractivity contribution in [2.45, 2.75) is 64.1 Å². The Bertz CT molecular complexity index is 1480. The van der Waals surface area contributed by atoms with Gasteiger partial charge in [-0.25, -0.2) is 4.39 Å². The number of halogens is 4. The van der Waals surface area contributed by atoms with Gasteiger partial charge in [0.25, 0.3) is 0 Å². The predicted molar refractivity (Wildman–Crippen MR) is 149 cm³/mol. The van der Waals surface area contributed by atoms with Crippen molar-refractivity contribution in [2.75, 3.05) is 13.7 Å². The Labute approximate surface area is 246 Å². The van der Waals surface area contributed by atoms with Crippen LogP contribution in [0, 0.1) is 41.4 Å². The monoisotopic (exact) mass is 602 g/mol. The molecule has 2 aliphatic carbocycles.